The van der Waals surface area contributed by atoms with Gasteiger partial charge in [0.15, 0.2) is 0 Å². The van der Waals surface area contributed by atoms with Crippen molar-refractivity contribution in [1.29, 1.82) is 5.26 Å². The first-order chi connectivity index (χ1) is 7.65. The van der Waals surface area contributed by atoms with Crippen molar-refractivity contribution in [2.45, 2.75) is 32.6 Å². The van der Waals surface area contributed by atoms with Crippen LogP contribution in [0.15, 0.2) is 0 Å². The van der Waals surface area contributed by atoms with Gasteiger partial charge in [0.1, 0.15) is 0 Å². The van der Waals surface area contributed by atoms with E-state index >= 15 is 0 Å². The second-order valence-electron chi connectivity index (χ2n) is 4.72. The molecule has 0 aromatic rings. The molecule has 0 atom stereocenters. The molecule has 1 N–H and O–H groups in total. The molecule has 4 heteroatoms. The highest BCUT2D eigenvalue weighted by Gasteiger charge is 2.43. The summed E-state index contributed by atoms with van der Waals surface area (Å²) in [5.41, 5.74) is 0.192. The Hall–Kier alpha value is -1.08. The maximum atomic E-state index is 11.3. The minimum absolute atomic E-state index is 0.0567. The zero-order chi connectivity index (χ0) is 12.0. The molecule has 1 rings (SSSR count). The van der Waals surface area contributed by atoms with Crippen molar-refractivity contribution < 1.29 is 4.79 Å². The molecule has 0 heterocycles. The second kappa shape index (κ2) is 5.86. The van der Waals surface area contributed by atoms with Gasteiger partial charge in [-0.1, -0.05) is 6.92 Å². The Bertz CT molecular complexity index is 278. The van der Waals surface area contributed by atoms with Gasteiger partial charge < -0.3 is 5.32 Å². The predicted molar refractivity (Wildman–Crippen MR) is 62.7 cm³/mol. The van der Waals surface area contributed by atoms with Crippen molar-refractivity contribution in [2.24, 2.45) is 5.41 Å². The standard InChI is InChI=1S/C12H21N3O/c1-3-8-15(9-11(16)14-2)10-12(4-5-12)6-7-13/h3-6,8-10H2,1-2H3,(H,14,16). The van der Waals surface area contributed by atoms with Crippen molar-refractivity contribution in [3.05, 3.63) is 0 Å². The average Bonchev–Trinajstić information content (AvgIpc) is 2.98. The van der Waals surface area contributed by atoms with Crippen molar-refractivity contribution in [3.63, 3.8) is 0 Å². The van der Waals surface area contributed by atoms with Gasteiger partial charge in [-0.15, -0.1) is 0 Å². The van der Waals surface area contributed by atoms with E-state index in [2.05, 4.69) is 23.2 Å². The van der Waals surface area contributed by atoms with E-state index in [1.54, 1.807) is 7.05 Å². The van der Waals surface area contributed by atoms with Crippen LogP contribution in [0.3, 0.4) is 0 Å². The average molecular weight is 223 g/mol. The zero-order valence-electron chi connectivity index (χ0n) is 10.3. The molecule has 1 amide bonds. The lowest BCUT2D eigenvalue weighted by Gasteiger charge is -2.25. The normalized spacial score (nSPS) is 16.9. The first kappa shape index (κ1) is 13.0. The van der Waals surface area contributed by atoms with E-state index < -0.39 is 0 Å². The van der Waals surface area contributed by atoms with Gasteiger partial charge in [-0.05, 0) is 31.2 Å². The van der Waals surface area contributed by atoms with Gasteiger partial charge in [0.05, 0.1) is 12.6 Å². The lowest BCUT2D eigenvalue weighted by Crippen LogP contribution is -2.39. The van der Waals surface area contributed by atoms with Crippen LogP contribution in [-0.2, 0) is 4.79 Å². The van der Waals surface area contributed by atoms with Gasteiger partial charge in [0, 0.05) is 20.0 Å². The number of rotatable bonds is 7. The van der Waals surface area contributed by atoms with E-state index in [1.807, 2.05) is 0 Å². The molecule has 0 spiro atoms. The Balaban J connectivity index is 2.45. The minimum Gasteiger partial charge on any atom is -0.358 e. The predicted octanol–water partition coefficient (Wildman–Crippen LogP) is 1.14. The van der Waals surface area contributed by atoms with Crippen LogP contribution in [-0.4, -0.2) is 37.5 Å². The highest BCUT2D eigenvalue weighted by atomic mass is 16.1. The third kappa shape index (κ3) is 3.82. The summed E-state index contributed by atoms with van der Waals surface area (Å²) in [5, 5.41) is 11.4. The number of hydrogen-bond acceptors (Lipinski definition) is 3. The molecule has 0 radical (unpaired) electrons. The summed E-state index contributed by atoms with van der Waals surface area (Å²) in [7, 11) is 1.66. The molecule has 4 nitrogen and oxygen atoms in total. The molecule has 0 bridgehead atoms. The van der Waals surface area contributed by atoms with Gasteiger partial charge >= 0.3 is 0 Å². The van der Waals surface area contributed by atoms with Crippen LogP contribution in [0.5, 0.6) is 0 Å². The number of hydrogen-bond donors (Lipinski definition) is 1. The summed E-state index contributed by atoms with van der Waals surface area (Å²) < 4.78 is 0. The van der Waals surface area contributed by atoms with Crippen LogP contribution >= 0.6 is 0 Å². The summed E-state index contributed by atoms with van der Waals surface area (Å²) in [4.78, 5) is 13.5. The van der Waals surface area contributed by atoms with Crippen molar-refractivity contribution >= 4 is 5.91 Å². The summed E-state index contributed by atoms with van der Waals surface area (Å²) in [5.74, 6) is 0.0567. The van der Waals surface area contributed by atoms with Gasteiger partial charge in [0.2, 0.25) is 5.91 Å². The fourth-order valence-electron chi connectivity index (χ4n) is 2.02. The summed E-state index contributed by atoms with van der Waals surface area (Å²) in [6.07, 6.45) is 3.93. The zero-order valence-corrected chi connectivity index (χ0v) is 10.3. The molecule has 90 valence electrons. The largest absolute Gasteiger partial charge is 0.358 e. The molecule has 0 saturated heterocycles. The van der Waals surface area contributed by atoms with Gasteiger partial charge in [-0.25, -0.2) is 0 Å². The Kier molecular flexibility index (Phi) is 4.75. The maximum Gasteiger partial charge on any atom is 0.233 e. The van der Waals surface area contributed by atoms with E-state index in [1.165, 1.54) is 0 Å². The van der Waals surface area contributed by atoms with Crippen LogP contribution in [0.1, 0.15) is 32.6 Å². The Morgan fingerprint density at radius 3 is 2.69 bits per heavy atom. The Morgan fingerprint density at radius 2 is 2.25 bits per heavy atom. The highest BCUT2D eigenvalue weighted by Crippen LogP contribution is 2.49. The molecule has 0 aromatic heterocycles. The third-order valence-corrected chi connectivity index (χ3v) is 3.16. The monoisotopic (exact) mass is 223 g/mol. The lowest BCUT2D eigenvalue weighted by atomic mass is 10.0. The number of nitrogens with one attached hydrogen (secondary N) is 1. The smallest absolute Gasteiger partial charge is 0.233 e. The number of likely N-dealkylation sites (N-methyl/N-ethyl adjacent to an activating group) is 1. The molecule has 0 unspecified atom stereocenters. The van der Waals surface area contributed by atoms with Crippen LogP contribution in [0.2, 0.25) is 0 Å². The maximum absolute atomic E-state index is 11.3. The molecule has 1 aliphatic carbocycles. The SMILES string of the molecule is CCCN(CC(=O)NC)CC1(CC#N)CC1. The van der Waals surface area contributed by atoms with Crippen LogP contribution in [0.4, 0.5) is 0 Å². The van der Waals surface area contributed by atoms with Crippen molar-refractivity contribution in [1.82, 2.24) is 10.2 Å². The fourth-order valence-corrected chi connectivity index (χ4v) is 2.02. The Labute approximate surface area is 97.6 Å². The second-order valence-corrected chi connectivity index (χ2v) is 4.72. The van der Waals surface area contributed by atoms with Gasteiger partial charge in [-0.3, -0.25) is 9.69 Å². The topological polar surface area (TPSA) is 56.1 Å². The van der Waals surface area contributed by atoms with Crippen LogP contribution in [0.25, 0.3) is 0 Å². The van der Waals surface area contributed by atoms with Crippen molar-refractivity contribution in [3.8, 4) is 6.07 Å². The van der Waals surface area contributed by atoms with Crippen LogP contribution < -0.4 is 5.32 Å². The Morgan fingerprint density at radius 1 is 1.56 bits per heavy atom. The molecular weight excluding hydrogens is 202 g/mol. The van der Waals surface area contributed by atoms with E-state index in [0.717, 1.165) is 32.4 Å². The minimum atomic E-state index is 0.0567. The summed E-state index contributed by atoms with van der Waals surface area (Å²) in [6.45, 7) is 4.39. The first-order valence-electron chi connectivity index (χ1n) is 5.95. The quantitative estimate of drug-likeness (QED) is 0.704. The number of carbonyl (C=O) groups excluding carboxylic acids is 1. The summed E-state index contributed by atoms with van der Waals surface area (Å²) in [6, 6.07) is 2.26. The summed E-state index contributed by atoms with van der Waals surface area (Å²) >= 11 is 0. The van der Waals surface area contributed by atoms with E-state index in [9.17, 15) is 4.79 Å². The third-order valence-electron chi connectivity index (χ3n) is 3.16. The molecule has 1 saturated carbocycles. The van der Waals surface area contributed by atoms with E-state index in [0.29, 0.717) is 13.0 Å². The molecule has 0 aliphatic heterocycles. The lowest BCUT2D eigenvalue weighted by molar-refractivity contribution is -0.121. The van der Waals surface area contributed by atoms with Crippen LogP contribution in [0, 0.1) is 16.7 Å². The molecule has 16 heavy (non-hydrogen) atoms. The van der Waals surface area contributed by atoms with Crippen molar-refractivity contribution in [2.75, 3.05) is 26.7 Å². The van der Waals surface area contributed by atoms with E-state index in [-0.39, 0.29) is 11.3 Å². The van der Waals surface area contributed by atoms with Gasteiger partial charge in [0.25, 0.3) is 0 Å². The first-order valence-corrected chi connectivity index (χ1v) is 5.95. The fraction of sp³-hybridized carbons (Fsp3) is 0.833. The molecule has 0 aromatic carbocycles. The van der Waals surface area contributed by atoms with Gasteiger partial charge in [-0.2, -0.15) is 5.26 Å². The highest BCUT2D eigenvalue weighted by molar-refractivity contribution is 5.77. The number of nitrogens with zero attached hydrogens (tertiary/aromatic N) is 2. The number of carbonyl (C=O) groups is 1. The van der Waals surface area contributed by atoms with E-state index in [4.69, 9.17) is 5.26 Å². The molecule has 1 fully saturated rings. The molecule has 1 aliphatic rings. The number of amides is 1. The molecular formula is C12H21N3O. The number of nitriles is 1.